The van der Waals surface area contributed by atoms with Crippen LogP contribution in [-0.4, -0.2) is 67.7 Å². The summed E-state index contributed by atoms with van der Waals surface area (Å²) in [7, 11) is 5.43. The number of nitrogens with one attached hydrogen (secondary N) is 1. The number of carbonyl (C=O) groups excluding carboxylic acids is 3. The Morgan fingerprint density at radius 3 is 1.96 bits per heavy atom. The molecule has 0 aliphatic rings. The molecule has 0 heterocycles. The lowest BCUT2D eigenvalue weighted by atomic mass is 9.92. The van der Waals surface area contributed by atoms with Crippen molar-refractivity contribution in [1.82, 2.24) is 15.1 Å². The molecule has 0 aromatic heterocycles. The lowest BCUT2D eigenvalue weighted by Gasteiger charge is -2.32. The van der Waals surface area contributed by atoms with Crippen molar-refractivity contribution < 1.29 is 14.4 Å². The predicted octanol–water partition coefficient (Wildman–Crippen LogP) is 1.15. The minimum Gasteiger partial charge on any atom is -0.353 e. The van der Waals surface area contributed by atoms with E-state index in [2.05, 4.69) is 5.32 Å². The molecule has 0 rings (SSSR count). The third-order valence-electron chi connectivity index (χ3n) is 3.63. The van der Waals surface area contributed by atoms with Crippen molar-refractivity contribution in [2.75, 3.05) is 34.2 Å². The molecule has 0 aliphatic carbocycles. The van der Waals surface area contributed by atoms with Gasteiger partial charge >= 0.3 is 0 Å². The van der Waals surface area contributed by atoms with Gasteiger partial charge in [-0.05, 0) is 14.1 Å². The summed E-state index contributed by atoms with van der Waals surface area (Å²) < 4.78 is 0. The number of ketones is 1. The second kappa shape index (κ2) is 9.01. The summed E-state index contributed by atoms with van der Waals surface area (Å²) in [6.07, 6.45) is 0.0454. The highest BCUT2D eigenvalue weighted by atomic mass is 16.2. The minimum absolute atomic E-state index is 0.0219. The zero-order valence-corrected chi connectivity index (χ0v) is 15.9. The van der Waals surface area contributed by atoms with Gasteiger partial charge in [0.05, 0.1) is 0 Å². The molecule has 0 radical (unpaired) electrons. The standard InChI is InChI=1S/C17H33N3O3/c1-12(2)14(21)11-13(15(22)18-9-10-19(6)7)20(8)16(23)17(3,4)5/h12-13H,9-11H2,1-8H3,(H,18,22)/t13-/m0/s1. The summed E-state index contributed by atoms with van der Waals surface area (Å²) in [6, 6.07) is -0.765. The first-order chi connectivity index (χ1) is 10.4. The van der Waals surface area contributed by atoms with Crippen LogP contribution in [0.25, 0.3) is 0 Å². The summed E-state index contributed by atoms with van der Waals surface area (Å²) in [6.45, 7) is 10.2. The molecule has 1 atom stereocenters. The van der Waals surface area contributed by atoms with E-state index in [1.165, 1.54) is 4.90 Å². The molecule has 23 heavy (non-hydrogen) atoms. The van der Waals surface area contributed by atoms with Crippen molar-refractivity contribution in [2.45, 2.75) is 47.1 Å². The average molecular weight is 327 g/mol. The zero-order valence-electron chi connectivity index (χ0n) is 15.9. The van der Waals surface area contributed by atoms with Gasteiger partial charge in [-0.3, -0.25) is 14.4 Å². The van der Waals surface area contributed by atoms with Gasteiger partial charge in [-0.1, -0.05) is 34.6 Å². The van der Waals surface area contributed by atoms with E-state index in [4.69, 9.17) is 0 Å². The van der Waals surface area contributed by atoms with E-state index in [0.717, 1.165) is 0 Å². The van der Waals surface area contributed by atoms with Gasteiger partial charge in [0.1, 0.15) is 11.8 Å². The van der Waals surface area contributed by atoms with E-state index in [0.29, 0.717) is 13.1 Å². The zero-order chi connectivity index (χ0) is 18.4. The van der Waals surface area contributed by atoms with Crippen LogP contribution < -0.4 is 5.32 Å². The fourth-order valence-electron chi connectivity index (χ4n) is 2.02. The van der Waals surface area contributed by atoms with Gasteiger partial charge in [-0.2, -0.15) is 0 Å². The maximum atomic E-state index is 12.5. The molecule has 0 saturated heterocycles. The van der Waals surface area contributed by atoms with Gasteiger partial charge in [0.25, 0.3) is 0 Å². The minimum atomic E-state index is -0.765. The maximum Gasteiger partial charge on any atom is 0.243 e. The normalized spacial score (nSPS) is 13.1. The van der Waals surface area contributed by atoms with Gasteiger partial charge in [0.15, 0.2) is 0 Å². The molecule has 0 saturated carbocycles. The maximum absolute atomic E-state index is 12.5. The molecule has 0 fully saturated rings. The van der Waals surface area contributed by atoms with Crippen molar-refractivity contribution in [3.05, 3.63) is 0 Å². The van der Waals surface area contributed by atoms with Crippen LogP contribution in [0.2, 0.25) is 0 Å². The Balaban J connectivity index is 5.11. The van der Waals surface area contributed by atoms with Crippen molar-refractivity contribution in [1.29, 1.82) is 0 Å². The number of nitrogens with zero attached hydrogens (tertiary/aromatic N) is 2. The average Bonchev–Trinajstić information content (AvgIpc) is 2.40. The number of carbonyl (C=O) groups is 3. The van der Waals surface area contributed by atoms with Crippen molar-refractivity contribution in [3.8, 4) is 0 Å². The summed E-state index contributed by atoms with van der Waals surface area (Å²) in [5.41, 5.74) is -0.599. The summed E-state index contributed by atoms with van der Waals surface area (Å²) in [5.74, 6) is -0.612. The van der Waals surface area contributed by atoms with Gasteiger partial charge in [0, 0.05) is 37.9 Å². The molecule has 2 amide bonds. The third-order valence-corrected chi connectivity index (χ3v) is 3.63. The van der Waals surface area contributed by atoms with E-state index >= 15 is 0 Å². The molecule has 0 spiro atoms. The lowest BCUT2D eigenvalue weighted by molar-refractivity contribution is -0.146. The molecule has 0 bridgehead atoms. The number of hydrogen-bond acceptors (Lipinski definition) is 4. The Hall–Kier alpha value is -1.43. The molecule has 6 nitrogen and oxygen atoms in total. The number of amides is 2. The van der Waals surface area contributed by atoms with Crippen molar-refractivity contribution in [2.24, 2.45) is 11.3 Å². The van der Waals surface area contributed by atoms with Crippen LogP contribution in [0, 0.1) is 11.3 Å². The first kappa shape index (κ1) is 21.6. The quantitative estimate of drug-likeness (QED) is 0.726. The van der Waals surface area contributed by atoms with Gasteiger partial charge in [-0.25, -0.2) is 0 Å². The van der Waals surface area contributed by atoms with E-state index < -0.39 is 11.5 Å². The van der Waals surface area contributed by atoms with E-state index in [1.54, 1.807) is 41.7 Å². The highest BCUT2D eigenvalue weighted by molar-refractivity contribution is 5.94. The number of likely N-dealkylation sites (N-methyl/N-ethyl adjacent to an activating group) is 2. The topological polar surface area (TPSA) is 69.7 Å². The highest BCUT2D eigenvalue weighted by Crippen LogP contribution is 2.20. The van der Waals surface area contributed by atoms with E-state index in [-0.39, 0.29) is 29.9 Å². The summed E-state index contributed by atoms with van der Waals surface area (Å²) >= 11 is 0. The first-order valence-corrected chi connectivity index (χ1v) is 8.10. The van der Waals surface area contributed by atoms with Crippen LogP contribution in [0.5, 0.6) is 0 Å². The third kappa shape index (κ3) is 7.59. The van der Waals surface area contributed by atoms with Gasteiger partial charge in [0.2, 0.25) is 11.8 Å². The Labute approximate surface area is 140 Å². The van der Waals surface area contributed by atoms with Crippen LogP contribution in [0.3, 0.4) is 0 Å². The number of hydrogen-bond donors (Lipinski definition) is 1. The fraction of sp³-hybridized carbons (Fsp3) is 0.824. The van der Waals surface area contributed by atoms with Crippen LogP contribution in [-0.2, 0) is 14.4 Å². The molecular weight excluding hydrogens is 294 g/mol. The molecule has 1 N–H and O–H groups in total. The largest absolute Gasteiger partial charge is 0.353 e. The summed E-state index contributed by atoms with van der Waals surface area (Å²) in [4.78, 5) is 40.4. The second-order valence-corrected chi connectivity index (χ2v) is 7.60. The van der Waals surface area contributed by atoms with E-state index in [1.807, 2.05) is 19.0 Å². The van der Waals surface area contributed by atoms with Gasteiger partial charge < -0.3 is 15.1 Å². The van der Waals surface area contributed by atoms with Crippen LogP contribution >= 0.6 is 0 Å². The monoisotopic (exact) mass is 327 g/mol. The Morgan fingerprint density at radius 2 is 1.57 bits per heavy atom. The summed E-state index contributed by atoms with van der Waals surface area (Å²) in [5, 5.41) is 2.82. The molecule has 0 aliphatic heterocycles. The molecular formula is C17H33N3O3. The van der Waals surface area contributed by atoms with Crippen LogP contribution in [0.1, 0.15) is 41.0 Å². The van der Waals surface area contributed by atoms with Crippen molar-refractivity contribution in [3.63, 3.8) is 0 Å². The van der Waals surface area contributed by atoms with E-state index in [9.17, 15) is 14.4 Å². The Bertz CT molecular complexity index is 425. The van der Waals surface area contributed by atoms with Crippen LogP contribution in [0.4, 0.5) is 0 Å². The second-order valence-electron chi connectivity index (χ2n) is 7.60. The lowest BCUT2D eigenvalue weighted by Crippen LogP contribution is -2.52. The van der Waals surface area contributed by atoms with Crippen molar-refractivity contribution >= 4 is 17.6 Å². The fourth-order valence-corrected chi connectivity index (χ4v) is 2.02. The molecule has 134 valence electrons. The highest BCUT2D eigenvalue weighted by Gasteiger charge is 2.34. The molecule has 0 unspecified atom stereocenters. The Morgan fingerprint density at radius 1 is 1.04 bits per heavy atom. The SMILES string of the molecule is CC(C)C(=O)C[C@@H](C(=O)NCCN(C)C)N(C)C(=O)C(C)(C)C. The Kier molecular flexibility index (Phi) is 8.45. The number of rotatable bonds is 8. The number of Topliss-reactive ketones (excluding diaryl/α,β-unsaturated/α-hetero) is 1. The smallest absolute Gasteiger partial charge is 0.243 e. The van der Waals surface area contributed by atoms with Gasteiger partial charge in [-0.15, -0.1) is 0 Å². The predicted molar refractivity (Wildman–Crippen MR) is 92.0 cm³/mol. The molecule has 0 aromatic rings. The first-order valence-electron chi connectivity index (χ1n) is 8.10. The molecule has 6 heteroatoms. The van der Waals surface area contributed by atoms with Crippen LogP contribution in [0.15, 0.2) is 0 Å². The molecule has 0 aromatic carbocycles.